The summed E-state index contributed by atoms with van der Waals surface area (Å²) in [7, 11) is 0. The molecule has 0 spiro atoms. The zero-order valence-corrected chi connectivity index (χ0v) is 17.9. The first-order chi connectivity index (χ1) is 14.1. The third-order valence-electron chi connectivity index (χ3n) is 6.37. The summed E-state index contributed by atoms with van der Waals surface area (Å²) < 4.78 is 7.41. The number of hydrogen-bond acceptors (Lipinski definition) is 1. The van der Waals surface area contributed by atoms with Crippen molar-refractivity contribution in [2.45, 2.75) is 19.3 Å². The van der Waals surface area contributed by atoms with Crippen LogP contribution in [0, 0.1) is 0 Å². The molecule has 0 amide bonds. The summed E-state index contributed by atoms with van der Waals surface area (Å²) in [4.78, 5) is 0. The second-order valence-corrected chi connectivity index (χ2v) is 9.15. The van der Waals surface area contributed by atoms with Crippen LogP contribution in [0.1, 0.15) is 25.0 Å². The number of rotatable bonds is 1. The average molecular weight is 439 g/mol. The third-order valence-corrected chi connectivity index (χ3v) is 7.00. The van der Waals surface area contributed by atoms with Gasteiger partial charge in [-0.2, -0.15) is 0 Å². The van der Waals surface area contributed by atoms with Crippen LogP contribution in [0.5, 0.6) is 0 Å². The van der Waals surface area contributed by atoms with Crippen LogP contribution in [0.25, 0.3) is 44.2 Å². The highest BCUT2D eigenvalue weighted by atomic mass is 79.9. The van der Waals surface area contributed by atoms with E-state index in [0.29, 0.717) is 0 Å². The fourth-order valence-electron chi connectivity index (χ4n) is 4.98. The lowest BCUT2D eigenvalue weighted by atomic mass is 9.82. The van der Waals surface area contributed by atoms with Crippen molar-refractivity contribution in [1.29, 1.82) is 0 Å². The molecule has 0 bridgehead atoms. The van der Waals surface area contributed by atoms with E-state index in [0.717, 1.165) is 32.0 Å². The molecule has 1 nitrogen and oxygen atoms in total. The predicted octanol–water partition coefficient (Wildman–Crippen LogP) is 8.32. The van der Waals surface area contributed by atoms with Crippen molar-refractivity contribution in [3.8, 4) is 22.3 Å². The molecule has 0 saturated heterocycles. The van der Waals surface area contributed by atoms with Crippen molar-refractivity contribution in [3.05, 3.63) is 94.5 Å². The Labute approximate surface area is 178 Å². The Morgan fingerprint density at radius 3 is 2.10 bits per heavy atom. The number of benzene rings is 4. The molecular weight excluding hydrogens is 420 g/mol. The molecule has 0 saturated carbocycles. The summed E-state index contributed by atoms with van der Waals surface area (Å²) >= 11 is 3.65. The van der Waals surface area contributed by atoms with Crippen LogP contribution in [-0.4, -0.2) is 0 Å². The van der Waals surface area contributed by atoms with Crippen molar-refractivity contribution in [2.75, 3.05) is 0 Å². The summed E-state index contributed by atoms with van der Waals surface area (Å²) in [5, 5.41) is 2.30. The van der Waals surface area contributed by atoms with Crippen LogP contribution in [0.4, 0.5) is 0 Å². The molecule has 1 aliphatic rings. The molecule has 0 radical (unpaired) electrons. The third kappa shape index (κ3) is 2.21. The SMILES string of the molecule is CC1(C)c2ccccc2-c2c(-c3cccc4c3oc3c(Br)cccc34)cccc21. The van der Waals surface area contributed by atoms with Gasteiger partial charge in [0.1, 0.15) is 11.2 Å². The molecule has 1 aliphatic carbocycles. The van der Waals surface area contributed by atoms with Gasteiger partial charge in [0.2, 0.25) is 0 Å². The number of hydrogen-bond donors (Lipinski definition) is 0. The minimum atomic E-state index is -0.00720. The van der Waals surface area contributed by atoms with Crippen LogP contribution in [0.2, 0.25) is 0 Å². The standard InChI is InChI=1S/C27H19BrO/c1-27(2)21-13-4-3-8-20(21)24-16(9-6-14-22(24)27)17-10-5-11-18-19-12-7-15-23(28)26(19)29-25(17)18/h3-15H,1-2H3. The van der Waals surface area contributed by atoms with Crippen molar-refractivity contribution < 1.29 is 4.42 Å². The van der Waals surface area contributed by atoms with Gasteiger partial charge < -0.3 is 4.42 Å². The number of para-hydroxylation sites is 2. The minimum absolute atomic E-state index is 0.00720. The first kappa shape index (κ1) is 17.1. The summed E-state index contributed by atoms with van der Waals surface area (Å²) in [5.41, 5.74) is 9.67. The molecule has 0 N–H and O–H groups in total. The second-order valence-electron chi connectivity index (χ2n) is 8.30. The molecule has 6 rings (SSSR count). The van der Waals surface area contributed by atoms with Crippen molar-refractivity contribution in [2.24, 2.45) is 0 Å². The average Bonchev–Trinajstić information content (AvgIpc) is 3.23. The Morgan fingerprint density at radius 1 is 0.621 bits per heavy atom. The maximum Gasteiger partial charge on any atom is 0.149 e. The van der Waals surface area contributed by atoms with Gasteiger partial charge in [0.05, 0.1) is 4.47 Å². The normalized spacial score (nSPS) is 14.3. The quantitative estimate of drug-likeness (QED) is 0.256. The Hall–Kier alpha value is -2.84. The largest absolute Gasteiger partial charge is 0.454 e. The van der Waals surface area contributed by atoms with E-state index in [2.05, 4.69) is 103 Å². The van der Waals surface area contributed by atoms with E-state index >= 15 is 0 Å². The summed E-state index contributed by atoms with van der Waals surface area (Å²) in [6.07, 6.45) is 0. The lowest BCUT2D eigenvalue weighted by Gasteiger charge is -2.21. The van der Waals surface area contributed by atoms with E-state index in [1.54, 1.807) is 0 Å². The lowest BCUT2D eigenvalue weighted by molar-refractivity contribution is 0.660. The second kappa shape index (κ2) is 5.84. The molecule has 140 valence electrons. The minimum Gasteiger partial charge on any atom is -0.454 e. The molecular formula is C27H19BrO. The molecule has 0 fully saturated rings. The van der Waals surface area contributed by atoms with Gasteiger partial charge in [-0.05, 0) is 49.8 Å². The maximum atomic E-state index is 6.42. The van der Waals surface area contributed by atoms with Gasteiger partial charge in [-0.3, -0.25) is 0 Å². The van der Waals surface area contributed by atoms with Gasteiger partial charge in [0.25, 0.3) is 0 Å². The zero-order chi connectivity index (χ0) is 19.8. The van der Waals surface area contributed by atoms with Gasteiger partial charge in [0.15, 0.2) is 0 Å². The van der Waals surface area contributed by atoms with Gasteiger partial charge >= 0.3 is 0 Å². The fourth-order valence-corrected chi connectivity index (χ4v) is 5.42. The van der Waals surface area contributed by atoms with E-state index in [1.165, 1.54) is 27.8 Å². The zero-order valence-electron chi connectivity index (χ0n) is 16.3. The Kier molecular flexibility index (Phi) is 3.43. The smallest absolute Gasteiger partial charge is 0.149 e. The molecule has 4 aromatic carbocycles. The molecule has 2 heteroatoms. The molecule has 1 heterocycles. The summed E-state index contributed by atoms with van der Waals surface area (Å²) in [6.45, 7) is 4.64. The Balaban J connectivity index is 1.73. The van der Waals surface area contributed by atoms with E-state index in [1.807, 2.05) is 6.07 Å². The first-order valence-electron chi connectivity index (χ1n) is 9.91. The van der Waals surface area contributed by atoms with Gasteiger partial charge in [-0.25, -0.2) is 0 Å². The van der Waals surface area contributed by atoms with Crippen molar-refractivity contribution in [1.82, 2.24) is 0 Å². The van der Waals surface area contributed by atoms with Crippen LogP contribution >= 0.6 is 15.9 Å². The molecule has 0 unspecified atom stereocenters. The van der Waals surface area contributed by atoms with Crippen LogP contribution in [0.3, 0.4) is 0 Å². The monoisotopic (exact) mass is 438 g/mol. The van der Waals surface area contributed by atoms with Crippen molar-refractivity contribution in [3.63, 3.8) is 0 Å². The van der Waals surface area contributed by atoms with E-state index < -0.39 is 0 Å². The van der Waals surface area contributed by atoms with Gasteiger partial charge in [0, 0.05) is 21.8 Å². The Morgan fingerprint density at radius 2 is 1.24 bits per heavy atom. The highest BCUT2D eigenvalue weighted by molar-refractivity contribution is 9.10. The highest BCUT2D eigenvalue weighted by Gasteiger charge is 2.36. The summed E-state index contributed by atoms with van der Waals surface area (Å²) in [5.74, 6) is 0. The fraction of sp³-hybridized carbons (Fsp3) is 0.111. The van der Waals surface area contributed by atoms with E-state index in [-0.39, 0.29) is 5.41 Å². The van der Waals surface area contributed by atoms with Crippen LogP contribution in [-0.2, 0) is 5.41 Å². The van der Waals surface area contributed by atoms with Gasteiger partial charge in [-0.1, -0.05) is 86.6 Å². The Bertz CT molecular complexity index is 1440. The highest BCUT2D eigenvalue weighted by Crippen LogP contribution is 2.52. The van der Waals surface area contributed by atoms with E-state index in [4.69, 9.17) is 4.42 Å². The van der Waals surface area contributed by atoms with Crippen molar-refractivity contribution >= 4 is 37.9 Å². The topological polar surface area (TPSA) is 13.1 Å². The molecule has 0 atom stereocenters. The number of halogens is 1. The summed E-state index contributed by atoms with van der Waals surface area (Å²) in [6, 6.07) is 28.2. The van der Waals surface area contributed by atoms with Gasteiger partial charge in [-0.15, -0.1) is 0 Å². The maximum absolute atomic E-state index is 6.42. The number of furan rings is 1. The molecule has 29 heavy (non-hydrogen) atoms. The van der Waals surface area contributed by atoms with Crippen LogP contribution < -0.4 is 0 Å². The molecule has 1 aromatic heterocycles. The van der Waals surface area contributed by atoms with E-state index in [9.17, 15) is 0 Å². The first-order valence-corrected chi connectivity index (χ1v) is 10.7. The van der Waals surface area contributed by atoms with Crippen LogP contribution in [0.15, 0.2) is 87.8 Å². The molecule has 5 aromatic rings. The number of fused-ring (bicyclic) bond motifs is 6. The molecule has 0 aliphatic heterocycles. The predicted molar refractivity (Wildman–Crippen MR) is 124 cm³/mol. The lowest BCUT2D eigenvalue weighted by Crippen LogP contribution is -2.14.